The number of allylic oxidation sites excluding steroid dienone is 2. The van der Waals surface area contributed by atoms with Gasteiger partial charge in [-0.3, -0.25) is 4.79 Å². The molecule has 0 atom stereocenters. The Balaban J connectivity index is 3.17. The largest absolute Gasteiger partial charge is 0.469 e. The number of methoxy groups -OCH3 is 1. The van der Waals surface area contributed by atoms with E-state index in [2.05, 4.69) is 4.74 Å². The Hall–Kier alpha value is -0.790. The van der Waals surface area contributed by atoms with Crippen LogP contribution in [0.5, 0.6) is 0 Å². The lowest BCUT2D eigenvalue weighted by molar-refractivity contribution is -0.140. The molecule has 2 heteroatoms. The normalized spacial score (nSPS) is 10.0. The SMILES string of the molecule is C/C=C/CCC(=O)OC. The molecular formula is C7H12O2. The maximum Gasteiger partial charge on any atom is 0.305 e. The Labute approximate surface area is 55.5 Å². The zero-order valence-electron chi connectivity index (χ0n) is 5.89. The van der Waals surface area contributed by atoms with Gasteiger partial charge >= 0.3 is 5.97 Å². The minimum Gasteiger partial charge on any atom is -0.469 e. The van der Waals surface area contributed by atoms with Crippen molar-refractivity contribution in [1.82, 2.24) is 0 Å². The molecule has 0 aromatic carbocycles. The molecule has 0 aromatic rings. The van der Waals surface area contributed by atoms with E-state index in [9.17, 15) is 4.79 Å². The van der Waals surface area contributed by atoms with Gasteiger partial charge in [-0.15, -0.1) is 0 Å². The third kappa shape index (κ3) is 5.07. The van der Waals surface area contributed by atoms with E-state index in [1.807, 2.05) is 19.1 Å². The van der Waals surface area contributed by atoms with E-state index >= 15 is 0 Å². The molecule has 0 heterocycles. The molecule has 0 aromatic heterocycles. The summed E-state index contributed by atoms with van der Waals surface area (Å²) in [5, 5.41) is 0. The first-order valence-electron chi connectivity index (χ1n) is 2.99. The molecule has 9 heavy (non-hydrogen) atoms. The van der Waals surface area contributed by atoms with Gasteiger partial charge in [-0.2, -0.15) is 0 Å². The van der Waals surface area contributed by atoms with Gasteiger partial charge in [0.15, 0.2) is 0 Å². The van der Waals surface area contributed by atoms with Gasteiger partial charge in [-0.1, -0.05) is 12.2 Å². The second-order valence-corrected chi connectivity index (χ2v) is 1.68. The van der Waals surface area contributed by atoms with Crippen molar-refractivity contribution in [3.05, 3.63) is 12.2 Å². The highest BCUT2D eigenvalue weighted by atomic mass is 16.5. The number of hydrogen-bond donors (Lipinski definition) is 0. The molecule has 0 amide bonds. The van der Waals surface area contributed by atoms with Gasteiger partial charge in [-0.25, -0.2) is 0 Å². The summed E-state index contributed by atoms with van der Waals surface area (Å²) in [5.74, 6) is -0.145. The number of carbonyl (C=O) groups excluding carboxylic acids is 1. The molecule has 0 saturated heterocycles. The first kappa shape index (κ1) is 8.21. The lowest BCUT2D eigenvalue weighted by Gasteiger charge is -1.92. The molecular weight excluding hydrogens is 116 g/mol. The average Bonchev–Trinajstić information content (AvgIpc) is 1.89. The molecule has 0 spiro atoms. The summed E-state index contributed by atoms with van der Waals surface area (Å²) in [5.41, 5.74) is 0. The minimum atomic E-state index is -0.145. The standard InChI is InChI=1S/C7H12O2/c1-3-4-5-6-7(8)9-2/h3-4H,5-6H2,1-2H3/b4-3+. The second-order valence-electron chi connectivity index (χ2n) is 1.68. The van der Waals surface area contributed by atoms with Crippen LogP contribution in [0.15, 0.2) is 12.2 Å². The molecule has 0 N–H and O–H groups in total. The van der Waals surface area contributed by atoms with E-state index in [-0.39, 0.29) is 5.97 Å². The number of carbonyl (C=O) groups is 1. The summed E-state index contributed by atoms with van der Waals surface area (Å²) in [6.45, 7) is 1.93. The average molecular weight is 128 g/mol. The number of hydrogen-bond acceptors (Lipinski definition) is 2. The van der Waals surface area contributed by atoms with Crippen molar-refractivity contribution in [2.45, 2.75) is 19.8 Å². The molecule has 0 saturated carbocycles. The molecule has 0 aliphatic heterocycles. The van der Waals surface area contributed by atoms with E-state index in [1.165, 1.54) is 7.11 Å². The van der Waals surface area contributed by atoms with Crippen LogP contribution in [0.1, 0.15) is 19.8 Å². The summed E-state index contributed by atoms with van der Waals surface area (Å²) < 4.78 is 4.42. The first-order chi connectivity index (χ1) is 4.31. The highest BCUT2D eigenvalue weighted by Gasteiger charge is 1.94. The van der Waals surface area contributed by atoms with Gasteiger partial charge in [0.1, 0.15) is 0 Å². The number of ether oxygens (including phenoxy) is 1. The lowest BCUT2D eigenvalue weighted by Crippen LogP contribution is -1.97. The van der Waals surface area contributed by atoms with Crippen LogP contribution in [0, 0.1) is 0 Å². The van der Waals surface area contributed by atoms with Gasteiger partial charge in [0.2, 0.25) is 0 Å². The van der Waals surface area contributed by atoms with Crippen molar-refractivity contribution in [2.75, 3.05) is 7.11 Å². The first-order valence-corrected chi connectivity index (χ1v) is 2.99. The summed E-state index contributed by atoms with van der Waals surface area (Å²) in [7, 11) is 1.40. The Morgan fingerprint density at radius 1 is 1.67 bits per heavy atom. The lowest BCUT2D eigenvalue weighted by atomic mass is 10.3. The van der Waals surface area contributed by atoms with Crippen molar-refractivity contribution < 1.29 is 9.53 Å². The van der Waals surface area contributed by atoms with E-state index in [4.69, 9.17) is 0 Å². The van der Waals surface area contributed by atoms with Gasteiger partial charge in [-0.05, 0) is 13.3 Å². The van der Waals surface area contributed by atoms with Gasteiger partial charge < -0.3 is 4.74 Å². The third-order valence-electron chi connectivity index (χ3n) is 0.979. The van der Waals surface area contributed by atoms with Crippen LogP contribution in [-0.2, 0) is 9.53 Å². The van der Waals surface area contributed by atoms with Crippen LogP contribution in [0.3, 0.4) is 0 Å². The molecule has 0 bridgehead atoms. The summed E-state index contributed by atoms with van der Waals surface area (Å²) in [6, 6.07) is 0. The summed E-state index contributed by atoms with van der Waals surface area (Å²) in [4.78, 5) is 10.4. The van der Waals surface area contributed by atoms with Crippen LogP contribution in [0.2, 0.25) is 0 Å². The molecule has 2 nitrogen and oxygen atoms in total. The molecule has 52 valence electrons. The Morgan fingerprint density at radius 2 is 2.33 bits per heavy atom. The monoisotopic (exact) mass is 128 g/mol. The summed E-state index contributed by atoms with van der Waals surface area (Å²) >= 11 is 0. The van der Waals surface area contributed by atoms with Crippen molar-refractivity contribution in [3.8, 4) is 0 Å². The Kier molecular flexibility index (Phi) is 4.88. The zero-order valence-corrected chi connectivity index (χ0v) is 5.89. The fraction of sp³-hybridized carbons (Fsp3) is 0.571. The van der Waals surface area contributed by atoms with Crippen molar-refractivity contribution in [2.24, 2.45) is 0 Å². The minimum absolute atomic E-state index is 0.145. The molecule has 0 fully saturated rings. The maximum absolute atomic E-state index is 10.4. The van der Waals surface area contributed by atoms with Crippen LogP contribution in [-0.4, -0.2) is 13.1 Å². The van der Waals surface area contributed by atoms with E-state index in [0.717, 1.165) is 6.42 Å². The Bertz CT molecular complexity index is 105. The maximum atomic E-state index is 10.4. The predicted molar refractivity (Wildman–Crippen MR) is 36.1 cm³/mol. The van der Waals surface area contributed by atoms with E-state index < -0.39 is 0 Å². The molecule has 0 aliphatic rings. The van der Waals surface area contributed by atoms with Crippen LogP contribution in [0.25, 0.3) is 0 Å². The third-order valence-corrected chi connectivity index (χ3v) is 0.979. The van der Waals surface area contributed by atoms with Gasteiger partial charge in [0.05, 0.1) is 7.11 Å². The highest BCUT2D eigenvalue weighted by Crippen LogP contribution is 1.91. The molecule has 0 radical (unpaired) electrons. The topological polar surface area (TPSA) is 26.3 Å². The van der Waals surface area contributed by atoms with Crippen LogP contribution < -0.4 is 0 Å². The Morgan fingerprint density at radius 3 is 2.78 bits per heavy atom. The number of rotatable bonds is 3. The van der Waals surface area contributed by atoms with Gasteiger partial charge in [0, 0.05) is 6.42 Å². The highest BCUT2D eigenvalue weighted by molar-refractivity contribution is 5.69. The van der Waals surface area contributed by atoms with Crippen molar-refractivity contribution >= 4 is 5.97 Å². The summed E-state index contributed by atoms with van der Waals surface area (Å²) in [6.07, 6.45) is 5.13. The van der Waals surface area contributed by atoms with E-state index in [1.54, 1.807) is 0 Å². The van der Waals surface area contributed by atoms with Crippen LogP contribution in [0.4, 0.5) is 0 Å². The van der Waals surface area contributed by atoms with E-state index in [0.29, 0.717) is 6.42 Å². The van der Waals surface area contributed by atoms with Gasteiger partial charge in [0.25, 0.3) is 0 Å². The fourth-order valence-corrected chi connectivity index (χ4v) is 0.470. The van der Waals surface area contributed by atoms with Crippen LogP contribution >= 0.6 is 0 Å². The quantitative estimate of drug-likeness (QED) is 0.425. The second kappa shape index (κ2) is 5.35. The fourth-order valence-electron chi connectivity index (χ4n) is 0.470. The molecule has 0 unspecified atom stereocenters. The smallest absolute Gasteiger partial charge is 0.305 e. The van der Waals surface area contributed by atoms with Crippen molar-refractivity contribution in [1.29, 1.82) is 0 Å². The zero-order chi connectivity index (χ0) is 7.11. The predicted octanol–water partition coefficient (Wildman–Crippen LogP) is 1.52. The van der Waals surface area contributed by atoms with Crippen molar-refractivity contribution in [3.63, 3.8) is 0 Å². The molecule has 0 aliphatic carbocycles. The number of esters is 1. The molecule has 0 rings (SSSR count).